The number of nitrogens with zero attached hydrogens (tertiary/aromatic N) is 2. The summed E-state index contributed by atoms with van der Waals surface area (Å²) in [6, 6.07) is 15.6. The lowest BCUT2D eigenvalue weighted by molar-refractivity contribution is -0.132. The van der Waals surface area contributed by atoms with Crippen LogP contribution in [0.1, 0.15) is 24.4 Å². The maximum atomic E-state index is 12.8. The van der Waals surface area contributed by atoms with E-state index < -0.39 is 11.2 Å². The van der Waals surface area contributed by atoms with Gasteiger partial charge in [0.25, 0.3) is 5.56 Å². The van der Waals surface area contributed by atoms with Crippen molar-refractivity contribution in [1.29, 1.82) is 0 Å². The summed E-state index contributed by atoms with van der Waals surface area (Å²) in [4.78, 5) is 39.9. The third-order valence-corrected chi connectivity index (χ3v) is 4.96. The average Bonchev–Trinajstić information content (AvgIpc) is 3.13. The van der Waals surface area contributed by atoms with Crippen LogP contribution in [0.3, 0.4) is 0 Å². The molecule has 6 nitrogen and oxygen atoms in total. The van der Waals surface area contributed by atoms with E-state index in [-0.39, 0.29) is 18.5 Å². The van der Waals surface area contributed by atoms with E-state index in [2.05, 4.69) is 29.2 Å². The number of carbonyl (C=O) groups is 1. The highest BCUT2D eigenvalue weighted by Crippen LogP contribution is 2.35. The summed E-state index contributed by atoms with van der Waals surface area (Å²) in [6.45, 7) is 0.599. The SMILES string of the molecule is O=C(Cn1ccc(=O)[nH]c1=O)N1CCCC1c1cccc2ccccc12. The molecule has 0 bridgehead atoms. The van der Waals surface area contributed by atoms with Gasteiger partial charge in [-0.2, -0.15) is 0 Å². The van der Waals surface area contributed by atoms with Crippen molar-refractivity contribution in [2.75, 3.05) is 6.54 Å². The number of amides is 1. The number of carbonyl (C=O) groups excluding carboxylic acids is 1. The van der Waals surface area contributed by atoms with Gasteiger partial charge in [0, 0.05) is 18.8 Å². The van der Waals surface area contributed by atoms with E-state index >= 15 is 0 Å². The van der Waals surface area contributed by atoms with E-state index in [9.17, 15) is 14.4 Å². The molecule has 1 amide bonds. The first-order valence-corrected chi connectivity index (χ1v) is 8.70. The molecule has 2 heterocycles. The Bertz CT molecular complexity index is 1080. The van der Waals surface area contributed by atoms with E-state index in [1.165, 1.54) is 16.8 Å². The number of benzene rings is 2. The van der Waals surface area contributed by atoms with Gasteiger partial charge in [0.2, 0.25) is 5.91 Å². The average molecular weight is 349 g/mol. The molecule has 1 aromatic heterocycles. The maximum absolute atomic E-state index is 12.8. The Hall–Kier alpha value is -3.15. The van der Waals surface area contributed by atoms with E-state index in [1.54, 1.807) is 0 Å². The fourth-order valence-corrected chi connectivity index (χ4v) is 3.73. The van der Waals surface area contributed by atoms with Crippen LogP contribution in [0.5, 0.6) is 0 Å². The fraction of sp³-hybridized carbons (Fsp3) is 0.250. The summed E-state index contributed by atoms with van der Waals surface area (Å²) in [5, 5.41) is 2.31. The minimum Gasteiger partial charge on any atom is -0.334 e. The molecule has 3 aromatic rings. The first-order valence-electron chi connectivity index (χ1n) is 8.70. The molecular formula is C20H19N3O3. The van der Waals surface area contributed by atoms with Crippen LogP contribution in [-0.4, -0.2) is 26.9 Å². The topological polar surface area (TPSA) is 75.2 Å². The summed E-state index contributed by atoms with van der Waals surface area (Å²) < 4.78 is 1.24. The second-order valence-corrected chi connectivity index (χ2v) is 6.55. The van der Waals surface area contributed by atoms with Crippen LogP contribution in [0.25, 0.3) is 10.8 Å². The lowest BCUT2D eigenvalue weighted by atomic mass is 9.97. The van der Waals surface area contributed by atoms with Crippen molar-refractivity contribution in [2.24, 2.45) is 0 Å². The van der Waals surface area contributed by atoms with Gasteiger partial charge in [0.05, 0.1) is 6.04 Å². The fourth-order valence-electron chi connectivity index (χ4n) is 3.73. The van der Waals surface area contributed by atoms with Gasteiger partial charge in [-0.1, -0.05) is 42.5 Å². The molecule has 0 spiro atoms. The molecule has 0 saturated carbocycles. The van der Waals surface area contributed by atoms with Crippen molar-refractivity contribution in [3.63, 3.8) is 0 Å². The van der Waals surface area contributed by atoms with E-state index in [0.29, 0.717) is 6.54 Å². The Balaban J connectivity index is 1.64. The van der Waals surface area contributed by atoms with Crippen LogP contribution in [0.2, 0.25) is 0 Å². The van der Waals surface area contributed by atoms with Gasteiger partial charge in [0.1, 0.15) is 6.54 Å². The van der Waals surface area contributed by atoms with Gasteiger partial charge in [-0.15, -0.1) is 0 Å². The summed E-state index contributed by atoms with van der Waals surface area (Å²) in [5.41, 5.74) is 0.114. The highest BCUT2D eigenvalue weighted by molar-refractivity contribution is 5.87. The smallest absolute Gasteiger partial charge is 0.328 e. The Morgan fingerprint density at radius 1 is 1.08 bits per heavy atom. The summed E-state index contributed by atoms with van der Waals surface area (Å²) in [7, 11) is 0. The summed E-state index contributed by atoms with van der Waals surface area (Å²) in [6.07, 6.45) is 3.20. The number of nitrogens with one attached hydrogen (secondary N) is 1. The predicted octanol–water partition coefficient (Wildman–Crippen LogP) is 2.05. The minimum absolute atomic E-state index is 0.00654. The van der Waals surface area contributed by atoms with Gasteiger partial charge in [-0.3, -0.25) is 19.1 Å². The Morgan fingerprint density at radius 3 is 2.73 bits per heavy atom. The number of hydrogen-bond donors (Lipinski definition) is 1. The Morgan fingerprint density at radius 2 is 1.88 bits per heavy atom. The van der Waals surface area contributed by atoms with Crippen LogP contribution in [-0.2, 0) is 11.3 Å². The summed E-state index contributed by atoms with van der Waals surface area (Å²) >= 11 is 0. The maximum Gasteiger partial charge on any atom is 0.328 e. The molecule has 1 aliphatic rings. The number of likely N-dealkylation sites (tertiary alicyclic amines) is 1. The second kappa shape index (κ2) is 6.63. The Labute approximate surface area is 149 Å². The largest absolute Gasteiger partial charge is 0.334 e. The highest BCUT2D eigenvalue weighted by Gasteiger charge is 2.30. The monoisotopic (exact) mass is 349 g/mol. The molecule has 1 N–H and O–H groups in total. The number of aromatic amines is 1. The first-order chi connectivity index (χ1) is 12.6. The third-order valence-electron chi connectivity index (χ3n) is 4.96. The first kappa shape index (κ1) is 16.3. The number of rotatable bonds is 3. The van der Waals surface area contributed by atoms with Gasteiger partial charge >= 0.3 is 5.69 Å². The molecule has 1 unspecified atom stereocenters. The molecule has 132 valence electrons. The lowest BCUT2D eigenvalue weighted by Crippen LogP contribution is -2.38. The molecule has 0 radical (unpaired) electrons. The molecule has 1 saturated heterocycles. The number of fused-ring (bicyclic) bond motifs is 1. The van der Waals surface area contributed by atoms with Crippen LogP contribution in [0.4, 0.5) is 0 Å². The standard InChI is InChI=1S/C20H19N3O3/c24-18-10-12-22(20(26)21-18)13-19(25)23-11-4-9-17(23)16-8-3-6-14-5-1-2-7-15(14)16/h1-3,5-8,10,12,17H,4,9,11,13H2,(H,21,24,26). The zero-order chi connectivity index (χ0) is 18.1. The van der Waals surface area contributed by atoms with Crippen molar-refractivity contribution < 1.29 is 4.79 Å². The van der Waals surface area contributed by atoms with Gasteiger partial charge < -0.3 is 4.90 Å². The molecular weight excluding hydrogens is 330 g/mol. The summed E-state index contributed by atoms with van der Waals surface area (Å²) in [5.74, 6) is -0.116. The highest BCUT2D eigenvalue weighted by atomic mass is 16.2. The molecule has 4 rings (SSSR count). The molecule has 0 aliphatic carbocycles. The number of aromatic nitrogens is 2. The third kappa shape index (κ3) is 2.94. The van der Waals surface area contributed by atoms with Gasteiger partial charge in [0.15, 0.2) is 0 Å². The van der Waals surface area contributed by atoms with Crippen LogP contribution >= 0.6 is 0 Å². The quantitative estimate of drug-likeness (QED) is 0.786. The van der Waals surface area contributed by atoms with Crippen molar-refractivity contribution >= 4 is 16.7 Å². The van der Waals surface area contributed by atoms with Crippen molar-refractivity contribution in [3.8, 4) is 0 Å². The van der Waals surface area contributed by atoms with Crippen LogP contribution < -0.4 is 11.2 Å². The molecule has 2 aromatic carbocycles. The zero-order valence-electron chi connectivity index (χ0n) is 14.2. The minimum atomic E-state index is -0.563. The van der Waals surface area contributed by atoms with Crippen LogP contribution in [0.15, 0.2) is 64.3 Å². The van der Waals surface area contributed by atoms with Crippen molar-refractivity contribution in [2.45, 2.75) is 25.4 Å². The van der Waals surface area contributed by atoms with Crippen molar-refractivity contribution in [1.82, 2.24) is 14.5 Å². The van der Waals surface area contributed by atoms with Crippen molar-refractivity contribution in [3.05, 3.63) is 81.1 Å². The molecule has 1 aliphatic heterocycles. The zero-order valence-corrected chi connectivity index (χ0v) is 14.2. The molecule has 1 fully saturated rings. The number of H-pyrrole nitrogens is 1. The second-order valence-electron chi connectivity index (χ2n) is 6.55. The van der Waals surface area contributed by atoms with E-state index in [1.807, 2.05) is 23.1 Å². The lowest BCUT2D eigenvalue weighted by Gasteiger charge is -2.26. The van der Waals surface area contributed by atoms with Gasteiger partial charge in [-0.25, -0.2) is 4.79 Å². The normalized spacial score (nSPS) is 16.9. The van der Waals surface area contributed by atoms with Crippen LogP contribution in [0, 0.1) is 0 Å². The van der Waals surface area contributed by atoms with E-state index in [0.717, 1.165) is 29.2 Å². The number of hydrogen-bond acceptors (Lipinski definition) is 3. The van der Waals surface area contributed by atoms with Gasteiger partial charge in [-0.05, 0) is 29.2 Å². The molecule has 6 heteroatoms. The Kier molecular flexibility index (Phi) is 4.16. The molecule has 1 atom stereocenters. The molecule has 26 heavy (non-hydrogen) atoms. The van der Waals surface area contributed by atoms with E-state index in [4.69, 9.17) is 0 Å². The predicted molar refractivity (Wildman–Crippen MR) is 99.0 cm³/mol.